The average molecular weight is 660 g/mol. The standard InChI is InChI=1S/C35H45N7O6/c1-24(2)32-34-38-33(25-10-6-4-7-11-25)39-42(34)20-21-48-28-22-26(13-14-27(28)47-3)35(46)36-16-19-41(23-29(43)37-32)31(45)15-18-40-17-9-5-8-12-30(40)44/h4,6-7,10-11,13-14,22,24,32H,5,8-9,12,15-21,23H2,1-3H3,(H,36,46)(H,37,43)/t32-/m1/s1. The quantitative estimate of drug-likeness (QED) is 0.410. The van der Waals surface area contributed by atoms with Crippen molar-refractivity contribution >= 4 is 23.6 Å². The van der Waals surface area contributed by atoms with Gasteiger partial charge >= 0.3 is 0 Å². The highest BCUT2D eigenvalue weighted by Gasteiger charge is 2.28. The molecule has 2 N–H and O–H groups in total. The van der Waals surface area contributed by atoms with Gasteiger partial charge < -0.3 is 29.9 Å². The lowest BCUT2D eigenvalue weighted by atomic mass is 10.0. The molecular weight excluding hydrogens is 614 g/mol. The summed E-state index contributed by atoms with van der Waals surface area (Å²) in [5.74, 6) is 0.917. The number of hydrogen-bond acceptors (Lipinski definition) is 8. The third-order valence-electron chi connectivity index (χ3n) is 8.60. The number of benzene rings is 2. The Labute approximate surface area is 281 Å². The predicted octanol–water partition coefficient (Wildman–Crippen LogP) is 3.21. The van der Waals surface area contributed by atoms with Crippen molar-refractivity contribution in [1.82, 2.24) is 35.2 Å². The van der Waals surface area contributed by atoms with Gasteiger partial charge in [0.1, 0.15) is 6.61 Å². The number of hydrogen-bond donors (Lipinski definition) is 2. The zero-order chi connectivity index (χ0) is 34.0. The minimum Gasteiger partial charge on any atom is -0.493 e. The zero-order valence-electron chi connectivity index (χ0n) is 27.9. The minimum atomic E-state index is -0.526. The molecule has 2 aliphatic heterocycles. The van der Waals surface area contributed by atoms with Crippen LogP contribution in [0.4, 0.5) is 0 Å². The summed E-state index contributed by atoms with van der Waals surface area (Å²) in [6.45, 7) is 5.36. The summed E-state index contributed by atoms with van der Waals surface area (Å²) >= 11 is 0. The molecular formula is C35H45N7O6. The van der Waals surface area contributed by atoms with E-state index in [-0.39, 0.29) is 68.8 Å². The Hall–Kier alpha value is -4.94. The highest BCUT2D eigenvalue weighted by atomic mass is 16.5. The number of carbonyl (C=O) groups is 4. The van der Waals surface area contributed by atoms with E-state index in [2.05, 4.69) is 10.6 Å². The van der Waals surface area contributed by atoms with Crippen LogP contribution in [0.3, 0.4) is 0 Å². The van der Waals surface area contributed by atoms with E-state index in [1.165, 1.54) is 12.0 Å². The van der Waals surface area contributed by atoms with Crippen molar-refractivity contribution in [3.8, 4) is 22.9 Å². The smallest absolute Gasteiger partial charge is 0.251 e. The van der Waals surface area contributed by atoms with Gasteiger partial charge in [0.05, 0.1) is 26.2 Å². The molecule has 2 bridgehead atoms. The largest absolute Gasteiger partial charge is 0.493 e. The van der Waals surface area contributed by atoms with E-state index in [0.717, 1.165) is 24.8 Å². The second-order valence-electron chi connectivity index (χ2n) is 12.4. The Balaban J connectivity index is 1.44. The lowest BCUT2D eigenvalue weighted by Crippen LogP contribution is -2.46. The van der Waals surface area contributed by atoms with E-state index < -0.39 is 6.04 Å². The highest BCUT2D eigenvalue weighted by Crippen LogP contribution is 2.29. The molecule has 2 aromatic carbocycles. The summed E-state index contributed by atoms with van der Waals surface area (Å²) in [5, 5.41) is 10.7. The van der Waals surface area contributed by atoms with E-state index in [1.807, 2.05) is 44.2 Å². The van der Waals surface area contributed by atoms with Crippen molar-refractivity contribution in [2.45, 2.75) is 58.5 Å². The number of methoxy groups -OCH3 is 1. The minimum absolute atomic E-state index is 0.0517. The fourth-order valence-corrected chi connectivity index (χ4v) is 5.91. The molecule has 48 heavy (non-hydrogen) atoms. The van der Waals surface area contributed by atoms with Gasteiger partial charge in [0.25, 0.3) is 5.91 Å². The molecule has 0 saturated carbocycles. The summed E-state index contributed by atoms with van der Waals surface area (Å²) in [6, 6.07) is 14.0. The number of fused-ring (bicyclic) bond motifs is 3. The van der Waals surface area contributed by atoms with Crippen molar-refractivity contribution in [2.75, 3.05) is 46.4 Å². The van der Waals surface area contributed by atoms with Gasteiger partial charge in [0.15, 0.2) is 23.1 Å². The first-order chi connectivity index (χ1) is 23.2. The molecule has 1 fully saturated rings. The summed E-state index contributed by atoms with van der Waals surface area (Å²) < 4.78 is 13.3. The first-order valence-corrected chi connectivity index (χ1v) is 16.7. The highest BCUT2D eigenvalue weighted by molar-refractivity contribution is 5.95. The van der Waals surface area contributed by atoms with Crippen molar-refractivity contribution in [2.24, 2.45) is 5.92 Å². The SMILES string of the molecule is COc1ccc2cc1OCCn1nc(-c3ccccc3)nc1[C@@H](C(C)C)NC(=O)CN(C(=O)CCN1CCCCCC1=O)CCNC2=O. The second kappa shape index (κ2) is 16.2. The van der Waals surface area contributed by atoms with E-state index in [4.69, 9.17) is 19.6 Å². The van der Waals surface area contributed by atoms with Gasteiger partial charge in [-0.3, -0.25) is 19.2 Å². The Morgan fingerprint density at radius 3 is 2.60 bits per heavy atom. The monoisotopic (exact) mass is 659 g/mol. The van der Waals surface area contributed by atoms with Crippen LogP contribution in [0, 0.1) is 5.92 Å². The van der Waals surface area contributed by atoms with Gasteiger partial charge in [-0.25, -0.2) is 9.67 Å². The summed E-state index contributed by atoms with van der Waals surface area (Å²) in [7, 11) is 1.53. The first kappa shape index (κ1) is 34.4. The number of ether oxygens (including phenoxy) is 2. The molecule has 0 aliphatic carbocycles. The van der Waals surface area contributed by atoms with Crippen LogP contribution in [0.25, 0.3) is 11.4 Å². The third-order valence-corrected chi connectivity index (χ3v) is 8.60. The van der Waals surface area contributed by atoms with Crippen molar-refractivity contribution < 1.29 is 28.7 Å². The lowest BCUT2D eigenvalue weighted by Gasteiger charge is -2.27. The van der Waals surface area contributed by atoms with Crippen LogP contribution < -0.4 is 20.1 Å². The van der Waals surface area contributed by atoms with Crippen LogP contribution >= 0.6 is 0 Å². The van der Waals surface area contributed by atoms with E-state index in [9.17, 15) is 19.2 Å². The van der Waals surface area contributed by atoms with Crippen molar-refractivity contribution in [3.63, 3.8) is 0 Å². The van der Waals surface area contributed by atoms with Crippen molar-refractivity contribution in [3.05, 3.63) is 59.9 Å². The first-order valence-electron chi connectivity index (χ1n) is 16.7. The van der Waals surface area contributed by atoms with Gasteiger partial charge in [-0.1, -0.05) is 50.6 Å². The van der Waals surface area contributed by atoms with E-state index >= 15 is 0 Å². The number of amides is 4. The third kappa shape index (κ3) is 8.69. The Morgan fingerprint density at radius 1 is 1.02 bits per heavy atom. The molecule has 3 heterocycles. The lowest BCUT2D eigenvalue weighted by molar-refractivity contribution is -0.137. The maximum absolute atomic E-state index is 13.7. The van der Waals surface area contributed by atoms with Crippen LogP contribution in [0.15, 0.2) is 48.5 Å². The van der Waals surface area contributed by atoms with Crippen LogP contribution in [-0.4, -0.2) is 94.6 Å². The molecule has 0 radical (unpaired) electrons. The Kier molecular flexibility index (Phi) is 11.6. The predicted molar refractivity (Wildman–Crippen MR) is 178 cm³/mol. The van der Waals surface area contributed by atoms with Crippen molar-refractivity contribution in [1.29, 1.82) is 0 Å². The Bertz CT molecular complexity index is 1590. The summed E-state index contributed by atoms with van der Waals surface area (Å²) in [6.07, 6.45) is 3.31. The molecule has 0 unspecified atom stereocenters. The van der Waals surface area contributed by atoms with Crippen LogP contribution in [0.1, 0.15) is 68.2 Å². The summed E-state index contributed by atoms with van der Waals surface area (Å²) in [4.78, 5) is 61.0. The number of aromatic nitrogens is 3. The average Bonchev–Trinajstić information content (AvgIpc) is 3.39. The number of nitrogens with one attached hydrogen (secondary N) is 2. The molecule has 13 nitrogen and oxygen atoms in total. The second-order valence-corrected chi connectivity index (χ2v) is 12.4. The van der Waals surface area contributed by atoms with Gasteiger partial charge in [-0.15, -0.1) is 0 Å². The fraction of sp³-hybridized carbons (Fsp3) is 0.486. The molecule has 1 atom stereocenters. The topological polar surface area (TPSA) is 148 Å². The number of nitrogens with zero attached hydrogens (tertiary/aromatic N) is 5. The molecule has 3 aromatic rings. The molecule has 13 heteroatoms. The van der Waals surface area contributed by atoms with E-state index in [0.29, 0.717) is 48.2 Å². The van der Waals surface area contributed by atoms with Gasteiger partial charge in [-0.05, 0) is 37.0 Å². The van der Waals surface area contributed by atoms with Gasteiger partial charge in [-0.2, -0.15) is 5.10 Å². The normalized spacial score (nSPS) is 18.2. The van der Waals surface area contributed by atoms with Crippen LogP contribution in [0.2, 0.25) is 0 Å². The molecule has 1 aromatic heterocycles. The summed E-state index contributed by atoms with van der Waals surface area (Å²) in [5.41, 5.74) is 1.19. The molecule has 2 aliphatic rings. The zero-order valence-corrected chi connectivity index (χ0v) is 27.9. The van der Waals surface area contributed by atoms with Gasteiger partial charge in [0.2, 0.25) is 17.7 Å². The number of likely N-dealkylation sites (tertiary alicyclic amines) is 1. The molecule has 5 rings (SSSR count). The molecule has 1 saturated heterocycles. The maximum atomic E-state index is 13.7. The molecule has 256 valence electrons. The number of carbonyl (C=O) groups excluding carboxylic acids is 4. The fourth-order valence-electron chi connectivity index (χ4n) is 5.91. The van der Waals surface area contributed by atoms with E-state index in [1.54, 1.807) is 27.8 Å². The van der Waals surface area contributed by atoms with Crippen LogP contribution in [0.5, 0.6) is 11.5 Å². The van der Waals surface area contributed by atoms with Gasteiger partial charge in [0, 0.05) is 50.1 Å². The molecule has 0 spiro atoms. The molecule has 4 amide bonds. The number of rotatable bonds is 6. The maximum Gasteiger partial charge on any atom is 0.251 e. The van der Waals surface area contributed by atoms with Crippen LogP contribution in [-0.2, 0) is 20.9 Å². The Morgan fingerprint density at radius 2 is 1.83 bits per heavy atom.